The van der Waals surface area contributed by atoms with E-state index in [1.807, 2.05) is 12.1 Å². The van der Waals surface area contributed by atoms with Crippen LogP contribution in [0.5, 0.6) is 0 Å². The highest BCUT2D eigenvalue weighted by Gasteiger charge is 2.30. The van der Waals surface area contributed by atoms with Crippen LogP contribution >= 0.6 is 23.2 Å². The van der Waals surface area contributed by atoms with Gasteiger partial charge in [0.1, 0.15) is 17.7 Å². The lowest BCUT2D eigenvalue weighted by atomic mass is 9.75. The van der Waals surface area contributed by atoms with Crippen molar-refractivity contribution in [3.05, 3.63) is 111 Å². The maximum Gasteiger partial charge on any atom is 0.475 e. The smallest absolute Gasteiger partial charge is 0.426 e. The van der Waals surface area contributed by atoms with E-state index in [1.165, 1.54) is 36.2 Å². The molecule has 0 aliphatic heterocycles. The summed E-state index contributed by atoms with van der Waals surface area (Å²) in [5.41, 5.74) is 1.83. The number of hydrogen-bond donors (Lipinski definition) is 4. The van der Waals surface area contributed by atoms with E-state index in [4.69, 9.17) is 23.2 Å². The fraction of sp³-hybridized carbons (Fsp3) is 0.200. The van der Waals surface area contributed by atoms with E-state index in [-0.39, 0.29) is 34.0 Å². The summed E-state index contributed by atoms with van der Waals surface area (Å²) in [6.07, 6.45) is 1.51. The molecule has 0 unspecified atom stereocenters. The Hall–Kier alpha value is -4.14. The molecule has 12 heteroatoms. The van der Waals surface area contributed by atoms with Crippen LogP contribution in [-0.4, -0.2) is 53.9 Å². The highest BCUT2D eigenvalue weighted by Crippen LogP contribution is 2.22. The van der Waals surface area contributed by atoms with Crippen molar-refractivity contribution in [2.24, 2.45) is 0 Å². The molecule has 2 atom stereocenters. The van der Waals surface area contributed by atoms with Crippen molar-refractivity contribution >= 4 is 53.7 Å². The third-order valence-corrected chi connectivity index (χ3v) is 7.03. The molecule has 42 heavy (non-hydrogen) atoms. The normalized spacial score (nSPS) is 12.5. The van der Waals surface area contributed by atoms with Crippen LogP contribution in [0.2, 0.25) is 10.0 Å². The van der Waals surface area contributed by atoms with Gasteiger partial charge in [-0.2, -0.15) is 5.26 Å². The maximum atomic E-state index is 13.6. The first-order valence-electron chi connectivity index (χ1n) is 12.9. The molecule has 9 nitrogen and oxygen atoms in total. The second kappa shape index (κ2) is 15.2. The van der Waals surface area contributed by atoms with Gasteiger partial charge in [-0.1, -0.05) is 71.7 Å². The summed E-state index contributed by atoms with van der Waals surface area (Å²) in [6.45, 7) is 1.59. The third-order valence-electron chi connectivity index (χ3n) is 6.46. The summed E-state index contributed by atoms with van der Waals surface area (Å²) in [5.74, 6) is -2.92. The van der Waals surface area contributed by atoms with E-state index in [2.05, 4.69) is 10.6 Å². The third kappa shape index (κ3) is 8.68. The Morgan fingerprint density at radius 1 is 0.976 bits per heavy atom. The van der Waals surface area contributed by atoms with Crippen LogP contribution in [0.4, 0.5) is 5.69 Å². The highest BCUT2D eigenvalue weighted by atomic mass is 35.5. The molecule has 0 aromatic heterocycles. The first-order valence-corrected chi connectivity index (χ1v) is 13.7. The van der Waals surface area contributed by atoms with Crippen LogP contribution in [0, 0.1) is 11.3 Å². The number of carbonyl (C=O) groups excluding carboxylic acids is 3. The fourth-order valence-electron chi connectivity index (χ4n) is 4.16. The lowest BCUT2D eigenvalue weighted by Crippen LogP contribution is -2.55. The van der Waals surface area contributed by atoms with Crippen LogP contribution in [0.3, 0.4) is 0 Å². The fourth-order valence-corrected chi connectivity index (χ4v) is 4.54. The Bertz CT molecular complexity index is 1510. The first kappa shape index (κ1) is 32.4. The predicted octanol–water partition coefficient (Wildman–Crippen LogP) is 3.51. The molecule has 3 rings (SSSR count). The van der Waals surface area contributed by atoms with Crippen molar-refractivity contribution in [2.45, 2.75) is 31.7 Å². The highest BCUT2D eigenvalue weighted by molar-refractivity contribution is 6.43. The van der Waals surface area contributed by atoms with Crippen LogP contribution < -0.4 is 15.5 Å². The average Bonchev–Trinajstić information content (AvgIpc) is 2.98. The molecule has 216 valence electrons. The number of amides is 3. The van der Waals surface area contributed by atoms with Crippen LogP contribution in [0.25, 0.3) is 0 Å². The second-order valence-electron chi connectivity index (χ2n) is 9.42. The molecule has 0 fully saturated rings. The minimum Gasteiger partial charge on any atom is -0.426 e. The van der Waals surface area contributed by atoms with Crippen LogP contribution in [-0.2, 0) is 22.4 Å². The Kier molecular flexibility index (Phi) is 11.7. The summed E-state index contributed by atoms with van der Waals surface area (Å²) in [6, 6.07) is 20.7. The van der Waals surface area contributed by atoms with Crippen molar-refractivity contribution in [3.63, 3.8) is 0 Å². The Morgan fingerprint density at radius 2 is 1.67 bits per heavy atom. The number of carbonyl (C=O) groups is 3. The minimum atomic E-state index is -1.88. The van der Waals surface area contributed by atoms with E-state index in [0.29, 0.717) is 11.3 Å². The molecule has 0 bridgehead atoms. The van der Waals surface area contributed by atoms with Gasteiger partial charge in [-0.05, 0) is 54.8 Å². The first-order chi connectivity index (χ1) is 20.0. The number of anilines is 1. The molecule has 3 aromatic carbocycles. The van der Waals surface area contributed by atoms with Gasteiger partial charge >= 0.3 is 7.12 Å². The van der Waals surface area contributed by atoms with Gasteiger partial charge in [0.15, 0.2) is 0 Å². The zero-order chi connectivity index (χ0) is 30.8. The molecule has 3 amide bonds. The number of hydrogen-bond acceptors (Lipinski definition) is 6. The molecule has 0 aliphatic carbocycles. The van der Waals surface area contributed by atoms with Gasteiger partial charge in [0, 0.05) is 24.2 Å². The van der Waals surface area contributed by atoms with E-state index in [1.54, 1.807) is 55.5 Å². The molecule has 0 spiro atoms. The lowest BCUT2D eigenvalue weighted by molar-refractivity contribution is -0.123. The molecule has 0 heterocycles. The number of benzene rings is 3. The van der Waals surface area contributed by atoms with Gasteiger partial charge in [0.25, 0.3) is 11.8 Å². The van der Waals surface area contributed by atoms with E-state index in [9.17, 15) is 29.7 Å². The zero-order valence-corrected chi connectivity index (χ0v) is 24.4. The zero-order valence-electron chi connectivity index (χ0n) is 22.9. The summed E-state index contributed by atoms with van der Waals surface area (Å²) in [4.78, 5) is 40.8. The van der Waals surface area contributed by atoms with Gasteiger partial charge in [-0.25, -0.2) is 0 Å². The van der Waals surface area contributed by atoms with Crippen molar-refractivity contribution < 1.29 is 24.4 Å². The Labute approximate surface area is 254 Å². The molecular weight excluding hydrogens is 578 g/mol. The molecule has 0 aliphatic rings. The van der Waals surface area contributed by atoms with Crippen LogP contribution in [0.1, 0.15) is 28.4 Å². The molecule has 0 radical (unpaired) electrons. The van der Waals surface area contributed by atoms with Gasteiger partial charge in [0.05, 0.1) is 16.5 Å². The van der Waals surface area contributed by atoms with Gasteiger partial charge in [0.2, 0.25) is 5.91 Å². The molecule has 0 saturated carbocycles. The van der Waals surface area contributed by atoms with Crippen molar-refractivity contribution in [2.75, 3.05) is 11.9 Å². The number of rotatable bonds is 11. The molecule has 0 saturated heterocycles. The number of allylic oxidation sites excluding steroid dienone is 1. The SMILES string of the molecule is C/C=C(\C#N)C(=O)N(C)c1cccc(C[C@H](NC(=O)c2cc(Cl)ccc2Cl)C(=O)N[C@@H](Cc2ccccc2)B(O)O)c1. The van der Waals surface area contributed by atoms with E-state index >= 15 is 0 Å². The molecular formula is C30H29BCl2N4O5. The standard InChI is InChI=1S/C30H29BCl2N4O5/c1-3-21(18-34)30(40)37(2)23-11-7-10-20(14-23)15-26(35-28(38)24-17-22(32)12-13-25(24)33)29(39)36-27(31(41)42)16-19-8-5-4-6-9-19/h3-14,17,26-27,41-42H,15-16H2,1-2H3,(H,35,38)(H,36,39)/b21-3+/t26-,27-/m0/s1. The predicted molar refractivity (Wildman–Crippen MR) is 163 cm³/mol. The topological polar surface area (TPSA) is 143 Å². The number of nitriles is 1. The monoisotopic (exact) mass is 606 g/mol. The average molecular weight is 607 g/mol. The number of nitrogens with one attached hydrogen (secondary N) is 2. The van der Waals surface area contributed by atoms with E-state index < -0.39 is 36.8 Å². The lowest BCUT2D eigenvalue weighted by Gasteiger charge is -2.24. The number of likely N-dealkylation sites (N-methyl/N-ethyl adjacent to an activating group) is 1. The Balaban J connectivity index is 1.91. The van der Waals surface area contributed by atoms with Crippen LogP contribution in [0.15, 0.2) is 84.4 Å². The van der Waals surface area contributed by atoms with E-state index in [0.717, 1.165) is 5.56 Å². The summed E-state index contributed by atoms with van der Waals surface area (Å²) >= 11 is 12.3. The summed E-state index contributed by atoms with van der Waals surface area (Å²) < 4.78 is 0. The number of halogens is 2. The largest absolute Gasteiger partial charge is 0.475 e. The number of nitrogens with zero attached hydrogens (tertiary/aromatic N) is 2. The minimum absolute atomic E-state index is 0.0278. The van der Waals surface area contributed by atoms with Gasteiger partial charge < -0.3 is 25.6 Å². The van der Waals surface area contributed by atoms with Crippen molar-refractivity contribution in [3.8, 4) is 6.07 Å². The van der Waals surface area contributed by atoms with Gasteiger partial charge in [-0.3, -0.25) is 14.4 Å². The Morgan fingerprint density at radius 3 is 2.31 bits per heavy atom. The second-order valence-corrected chi connectivity index (χ2v) is 10.3. The maximum absolute atomic E-state index is 13.6. The van der Waals surface area contributed by atoms with Crippen molar-refractivity contribution in [1.29, 1.82) is 5.26 Å². The molecule has 3 aromatic rings. The molecule has 4 N–H and O–H groups in total. The van der Waals surface area contributed by atoms with Crippen molar-refractivity contribution in [1.82, 2.24) is 10.6 Å². The van der Waals surface area contributed by atoms with Gasteiger partial charge in [-0.15, -0.1) is 0 Å². The summed E-state index contributed by atoms with van der Waals surface area (Å²) in [5, 5.41) is 35.0. The quantitative estimate of drug-likeness (QED) is 0.149. The summed E-state index contributed by atoms with van der Waals surface area (Å²) in [7, 11) is -0.358.